The van der Waals surface area contributed by atoms with Crippen LogP contribution >= 0.6 is 0 Å². The maximum atomic E-state index is 11.1. The topological polar surface area (TPSA) is 41.6 Å². The molecule has 1 N–H and O–H groups in total. The number of nitrogens with one attached hydrogen (secondary N) is 1. The van der Waals surface area contributed by atoms with Crippen molar-refractivity contribution in [2.75, 3.05) is 6.61 Å². The zero-order valence-electron chi connectivity index (χ0n) is 6.60. The summed E-state index contributed by atoms with van der Waals surface area (Å²) >= 11 is 0. The van der Waals surface area contributed by atoms with E-state index in [4.69, 9.17) is 4.74 Å². The first kappa shape index (κ1) is 7.54. The molecule has 1 atom stereocenters. The molecule has 0 aromatic heterocycles. The van der Waals surface area contributed by atoms with E-state index < -0.39 is 5.60 Å². The summed E-state index contributed by atoms with van der Waals surface area (Å²) in [4.78, 5) is 11.1. The van der Waals surface area contributed by atoms with Crippen molar-refractivity contribution in [1.29, 1.82) is 0 Å². The predicted molar refractivity (Wildman–Crippen MR) is 37.6 cm³/mol. The van der Waals surface area contributed by atoms with Crippen LogP contribution in [0.5, 0.6) is 0 Å². The maximum Gasteiger partial charge on any atom is 0.254 e. The lowest BCUT2D eigenvalue weighted by atomic mass is 10.2. The van der Waals surface area contributed by atoms with Gasteiger partial charge in [-0.1, -0.05) is 0 Å². The number of carbonyl (C=O) groups is 1. The Kier molecular flexibility index (Phi) is 1.68. The molecule has 0 aromatic rings. The van der Waals surface area contributed by atoms with Gasteiger partial charge in [-0.3, -0.25) is 4.79 Å². The molecule has 1 fully saturated rings. The molecule has 1 rings (SSSR count). The Balaban J connectivity index is 2.35. The largest absolute Gasteiger partial charge is 0.359 e. The van der Waals surface area contributed by atoms with E-state index in [0.29, 0.717) is 6.61 Å². The first-order valence-corrected chi connectivity index (χ1v) is 3.49. The molecule has 0 bridgehead atoms. The van der Waals surface area contributed by atoms with Gasteiger partial charge in [0.25, 0.3) is 5.91 Å². The van der Waals surface area contributed by atoms with Crippen molar-refractivity contribution >= 4 is 5.91 Å². The lowest BCUT2D eigenvalue weighted by Gasteiger charge is -2.09. The summed E-state index contributed by atoms with van der Waals surface area (Å²) in [7, 11) is 0. The SMILES string of the molecule is CC(C)NC(=O)C1(C)CO1. The summed E-state index contributed by atoms with van der Waals surface area (Å²) in [5, 5.41) is 2.78. The molecular formula is C7H13NO2. The Morgan fingerprint density at radius 2 is 2.20 bits per heavy atom. The highest BCUT2D eigenvalue weighted by atomic mass is 16.6. The molecule has 1 unspecified atom stereocenters. The third-order valence-electron chi connectivity index (χ3n) is 1.48. The van der Waals surface area contributed by atoms with Gasteiger partial charge in [0.2, 0.25) is 0 Å². The van der Waals surface area contributed by atoms with E-state index in [9.17, 15) is 4.79 Å². The summed E-state index contributed by atoms with van der Waals surface area (Å²) in [6.07, 6.45) is 0. The first-order valence-electron chi connectivity index (χ1n) is 3.49. The molecule has 3 nitrogen and oxygen atoms in total. The summed E-state index contributed by atoms with van der Waals surface area (Å²) in [6, 6.07) is 0.202. The second-order valence-corrected chi connectivity index (χ2v) is 3.15. The summed E-state index contributed by atoms with van der Waals surface area (Å²) in [6.45, 7) is 6.23. The van der Waals surface area contributed by atoms with Crippen LogP contribution in [0.15, 0.2) is 0 Å². The van der Waals surface area contributed by atoms with Gasteiger partial charge in [-0.15, -0.1) is 0 Å². The molecule has 1 aliphatic rings. The average molecular weight is 143 g/mol. The van der Waals surface area contributed by atoms with Crippen molar-refractivity contribution in [2.24, 2.45) is 0 Å². The summed E-state index contributed by atoms with van der Waals surface area (Å²) < 4.78 is 4.95. The monoisotopic (exact) mass is 143 g/mol. The minimum Gasteiger partial charge on any atom is -0.359 e. The third-order valence-corrected chi connectivity index (χ3v) is 1.48. The molecule has 1 aliphatic heterocycles. The minimum atomic E-state index is -0.510. The fraction of sp³-hybridized carbons (Fsp3) is 0.857. The molecule has 1 heterocycles. The highest BCUT2D eigenvalue weighted by Crippen LogP contribution is 2.25. The second-order valence-electron chi connectivity index (χ2n) is 3.15. The highest BCUT2D eigenvalue weighted by molar-refractivity contribution is 5.87. The molecule has 58 valence electrons. The zero-order valence-corrected chi connectivity index (χ0v) is 6.60. The van der Waals surface area contributed by atoms with Crippen LogP contribution in [0.1, 0.15) is 20.8 Å². The van der Waals surface area contributed by atoms with Gasteiger partial charge in [-0.05, 0) is 20.8 Å². The van der Waals surface area contributed by atoms with Crippen LogP contribution in [0.4, 0.5) is 0 Å². The number of ether oxygens (including phenoxy) is 1. The standard InChI is InChI=1S/C7H13NO2/c1-5(2)8-6(9)7(3)4-10-7/h5H,4H2,1-3H3,(H,8,9). The Bertz CT molecular complexity index is 150. The van der Waals surface area contributed by atoms with Gasteiger partial charge in [0.05, 0.1) is 6.61 Å². The second kappa shape index (κ2) is 2.23. The van der Waals surface area contributed by atoms with Crippen molar-refractivity contribution < 1.29 is 9.53 Å². The normalized spacial score (nSPS) is 30.4. The van der Waals surface area contributed by atoms with E-state index in [0.717, 1.165) is 0 Å². The van der Waals surface area contributed by atoms with Gasteiger partial charge in [-0.25, -0.2) is 0 Å². The lowest BCUT2D eigenvalue weighted by Crippen LogP contribution is -2.39. The van der Waals surface area contributed by atoms with Crippen LogP contribution in [0.3, 0.4) is 0 Å². The Morgan fingerprint density at radius 1 is 1.70 bits per heavy atom. The number of carbonyl (C=O) groups excluding carboxylic acids is 1. The van der Waals surface area contributed by atoms with Crippen LogP contribution in [-0.2, 0) is 9.53 Å². The van der Waals surface area contributed by atoms with E-state index >= 15 is 0 Å². The van der Waals surface area contributed by atoms with Gasteiger partial charge >= 0.3 is 0 Å². The highest BCUT2D eigenvalue weighted by Gasteiger charge is 2.47. The fourth-order valence-corrected chi connectivity index (χ4v) is 0.654. The molecule has 3 heteroatoms. The summed E-state index contributed by atoms with van der Waals surface area (Å²) in [5.74, 6) is 0.00231. The van der Waals surface area contributed by atoms with Crippen LogP contribution in [0.25, 0.3) is 0 Å². The van der Waals surface area contributed by atoms with Crippen LogP contribution in [0.2, 0.25) is 0 Å². The quantitative estimate of drug-likeness (QED) is 0.565. The number of hydrogen-bond donors (Lipinski definition) is 1. The predicted octanol–water partition coefficient (Wildman–Crippen LogP) is 0.300. The van der Waals surface area contributed by atoms with E-state index in [1.807, 2.05) is 13.8 Å². The number of amides is 1. The van der Waals surface area contributed by atoms with Gasteiger partial charge in [0.15, 0.2) is 5.60 Å². The Hall–Kier alpha value is -0.570. The molecule has 0 aromatic carbocycles. The molecular weight excluding hydrogens is 130 g/mol. The molecule has 0 saturated carbocycles. The Morgan fingerprint density at radius 3 is 2.50 bits per heavy atom. The average Bonchev–Trinajstić information content (AvgIpc) is 2.47. The molecule has 0 radical (unpaired) electrons. The van der Waals surface area contributed by atoms with Gasteiger partial charge < -0.3 is 10.1 Å². The van der Waals surface area contributed by atoms with Crippen molar-refractivity contribution in [3.63, 3.8) is 0 Å². The van der Waals surface area contributed by atoms with Crippen molar-refractivity contribution in [3.8, 4) is 0 Å². The van der Waals surface area contributed by atoms with Crippen LogP contribution in [-0.4, -0.2) is 24.2 Å². The van der Waals surface area contributed by atoms with Gasteiger partial charge in [-0.2, -0.15) is 0 Å². The summed E-state index contributed by atoms with van der Waals surface area (Å²) in [5.41, 5.74) is -0.510. The third kappa shape index (κ3) is 1.48. The minimum absolute atomic E-state index is 0.00231. The van der Waals surface area contributed by atoms with E-state index in [1.54, 1.807) is 6.92 Å². The van der Waals surface area contributed by atoms with Crippen molar-refractivity contribution in [3.05, 3.63) is 0 Å². The van der Waals surface area contributed by atoms with E-state index in [1.165, 1.54) is 0 Å². The maximum absolute atomic E-state index is 11.1. The van der Waals surface area contributed by atoms with Crippen molar-refractivity contribution in [1.82, 2.24) is 5.32 Å². The van der Waals surface area contributed by atoms with Gasteiger partial charge in [0, 0.05) is 6.04 Å². The zero-order chi connectivity index (χ0) is 7.78. The van der Waals surface area contributed by atoms with Crippen LogP contribution in [0, 0.1) is 0 Å². The molecule has 10 heavy (non-hydrogen) atoms. The van der Waals surface area contributed by atoms with Crippen molar-refractivity contribution in [2.45, 2.75) is 32.4 Å². The van der Waals surface area contributed by atoms with E-state index in [-0.39, 0.29) is 11.9 Å². The fourth-order valence-electron chi connectivity index (χ4n) is 0.654. The molecule has 0 spiro atoms. The molecule has 0 aliphatic carbocycles. The van der Waals surface area contributed by atoms with E-state index in [2.05, 4.69) is 5.32 Å². The first-order chi connectivity index (χ1) is 4.54. The number of hydrogen-bond acceptors (Lipinski definition) is 2. The van der Waals surface area contributed by atoms with Gasteiger partial charge in [0.1, 0.15) is 0 Å². The number of rotatable bonds is 2. The molecule has 1 saturated heterocycles. The molecule has 1 amide bonds. The lowest BCUT2D eigenvalue weighted by molar-refractivity contribution is -0.126. The Labute approximate surface area is 60.7 Å². The van der Waals surface area contributed by atoms with Crippen LogP contribution < -0.4 is 5.32 Å². The smallest absolute Gasteiger partial charge is 0.254 e. The number of epoxide rings is 1.